The highest BCUT2D eigenvalue weighted by molar-refractivity contribution is 6.36. The molecule has 1 aliphatic heterocycles. The molecule has 4 aromatic rings. The van der Waals surface area contributed by atoms with Crippen LogP contribution in [0.25, 0.3) is 22.1 Å². The van der Waals surface area contributed by atoms with Crippen LogP contribution in [0.1, 0.15) is 24.9 Å². The third-order valence-electron chi connectivity index (χ3n) is 5.33. The molecule has 1 fully saturated rings. The number of H-pyrrole nitrogens is 1. The normalized spacial score (nSPS) is 17.9. The average molecular weight is 412 g/mol. The minimum atomic E-state index is -0.842. The lowest BCUT2D eigenvalue weighted by Crippen LogP contribution is -2.24. The summed E-state index contributed by atoms with van der Waals surface area (Å²) in [6.45, 7) is 3.02. The standard InChI is InChI=1S/C20H19ClFN7/c1-11(28-20-17-19(25-9-24-17)26-10-27-20)14-7-15(21)13-3-2-5-23-16(13)18(14)29-6-4-12(22)8-29/h2-3,5,7,9-12H,4,6,8H2,1H3,(H2,24,25,26,27,28)/t11?,12-/m0/s1. The predicted octanol–water partition coefficient (Wildman–Crippen LogP) is 4.28. The van der Waals surface area contributed by atoms with Gasteiger partial charge in [0.1, 0.15) is 18.0 Å². The van der Waals surface area contributed by atoms with Crippen LogP contribution in [-0.2, 0) is 0 Å². The summed E-state index contributed by atoms with van der Waals surface area (Å²) >= 11 is 6.59. The van der Waals surface area contributed by atoms with E-state index in [1.54, 1.807) is 12.5 Å². The van der Waals surface area contributed by atoms with Crippen molar-refractivity contribution in [1.82, 2.24) is 24.9 Å². The summed E-state index contributed by atoms with van der Waals surface area (Å²) in [6.07, 6.45) is 4.48. The van der Waals surface area contributed by atoms with E-state index in [2.05, 4.69) is 35.1 Å². The van der Waals surface area contributed by atoms with Crippen molar-refractivity contribution in [2.45, 2.75) is 25.6 Å². The fourth-order valence-electron chi connectivity index (χ4n) is 3.94. The van der Waals surface area contributed by atoms with E-state index in [4.69, 9.17) is 11.6 Å². The molecule has 5 rings (SSSR count). The van der Waals surface area contributed by atoms with Crippen LogP contribution in [0.3, 0.4) is 0 Å². The second-order valence-corrected chi connectivity index (χ2v) is 7.62. The van der Waals surface area contributed by atoms with Crippen LogP contribution in [0.5, 0.6) is 0 Å². The Morgan fingerprint density at radius 3 is 3.00 bits per heavy atom. The molecule has 1 aromatic carbocycles. The van der Waals surface area contributed by atoms with Gasteiger partial charge < -0.3 is 15.2 Å². The van der Waals surface area contributed by atoms with E-state index in [0.29, 0.717) is 41.5 Å². The Labute approximate surface area is 171 Å². The van der Waals surface area contributed by atoms with Crippen molar-refractivity contribution in [3.63, 3.8) is 0 Å². The first kappa shape index (κ1) is 18.1. The van der Waals surface area contributed by atoms with Crippen LogP contribution in [0.4, 0.5) is 15.9 Å². The monoisotopic (exact) mass is 411 g/mol. The number of benzene rings is 1. The molecule has 3 aromatic heterocycles. The lowest BCUT2D eigenvalue weighted by Gasteiger charge is -2.27. The minimum Gasteiger partial charge on any atom is -0.366 e. The Hall–Kier alpha value is -3.00. The third-order valence-corrected chi connectivity index (χ3v) is 5.64. The molecule has 7 nitrogen and oxygen atoms in total. The van der Waals surface area contributed by atoms with Gasteiger partial charge in [0.25, 0.3) is 0 Å². The first-order chi connectivity index (χ1) is 14.1. The fourth-order valence-corrected chi connectivity index (χ4v) is 4.21. The Morgan fingerprint density at radius 1 is 1.28 bits per heavy atom. The van der Waals surface area contributed by atoms with Gasteiger partial charge >= 0.3 is 0 Å². The number of hydrogen-bond donors (Lipinski definition) is 2. The number of aromatic amines is 1. The molecule has 1 saturated heterocycles. The summed E-state index contributed by atoms with van der Waals surface area (Å²) in [7, 11) is 0. The topological polar surface area (TPSA) is 82.6 Å². The number of alkyl halides is 1. The number of halogens is 2. The molecule has 148 valence electrons. The summed E-state index contributed by atoms with van der Waals surface area (Å²) in [4.78, 5) is 22.5. The maximum atomic E-state index is 14.0. The van der Waals surface area contributed by atoms with Crippen molar-refractivity contribution in [3.8, 4) is 0 Å². The number of pyridine rings is 1. The van der Waals surface area contributed by atoms with E-state index in [1.165, 1.54) is 6.33 Å². The van der Waals surface area contributed by atoms with Gasteiger partial charge in [-0.05, 0) is 31.5 Å². The van der Waals surface area contributed by atoms with Crippen LogP contribution in [0.15, 0.2) is 37.1 Å². The van der Waals surface area contributed by atoms with Crippen LogP contribution in [0, 0.1) is 0 Å². The summed E-state index contributed by atoms with van der Waals surface area (Å²) in [6, 6.07) is 5.57. The van der Waals surface area contributed by atoms with Gasteiger partial charge in [0.15, 0.2) is 11.5 Å². The molecule has 4 heterocycles. The number of anilines is 2. The molecule has 2 N–H and O–H groups in total. The van der Waals surface area contributed by atoms with Gasteiger partial charge in [-0.3, -0.25) is 4.98 Å². The van der Waals surface area contributed by atoms with Gasteiger partial charge in [-0.25, -0.2) is 19.3 Å². The molecule has 0 bridgehead atoms. The van der Waals surface area contributed by atoms with Crippen LogP contribution >= 0.6 is 11.6 Å². The zero-order valence-corrected chi connectivity index (χ0v) is 16.5. The van der Waals surface area contributed by atoms with Crippen molar-refractivity contribution in [2.24, 2.45) is 0 Å². The molecule has 9 heteroatoms. The molecule has 0 radical (unpaired) electrons. The molecular formula is C20H19ClFN7. The van der Waals surface area contributed by atoms with Crippen LogP contribution < -0.4 is 10.2 Å². The quantitative estimate of drug-likeness (QED) is 0.521. The molecule has 2 atom stereocenters. The van der Waals surface area contributed by atoms with Crippen LogP contribution in [-0.4, -0.2) is 44.2 Å². The van der Waals surface area contributed by atoms with E-state index in [-0.39, 0.29) is 6.04 Å². The smallest absolute Gasteiger partial charge is 0.162 e. The summed E-state index contributed by atoms with van der Waals surface area (Å²) in [5.74, 6) is 0.622. The van der Waals surface area contributed by atoms with Gasteiger partial charge in [0.05, 0.1) is 28.6 Å². The molecule has 0 amide bonds. The molecular weight excluding hydrogens is 393 g/mol. The van der Waals surface area contributed by atoms with E-state index in [1.807, 2.05) is 25.1 Å². The molecule has 29 heavy (non-hydrogen) atoms. The maximum Gasteiger partial charge on any atom is 0.162 e. The summed E-state index contributed by atoms with van der Waals surface area (Å²) in [5, 5.41) is 4.89. The number of aromatic nitrogens is 5. The molecule has 1 aliphatic rings. The highest BCUT2D eigenvalue weighted by Crippen LogP contribution is 2.40. The van der Waals surface area contributed by atoms with Gasteiger partial charge in [-0.1, -0.05) is 11.6 Å². The maximum absolute atomic E-state index is 14.0. The first-order valence-electron chi connectivity index (χ1n) is 9.48. The van der Waals surface area contributed by atoms with Crippen molar-refractivity contribution in [1.29, 1.82) is 0 Å². The van der Waals surface area contributed by atoms with Gasteiger partial charge in [0.2, 0.25) is 0 Å². The number of nitrogens with zero attached hydrogens (tertiary/aromatic N) is 5. The van der Waals surface area contributed by atoms with Gasteiger partial charge in [-0.2, -0.15) is 0 Å². The number of fused-ring (bicyclic) bond motifs is 2. The molecule has 0 aliphatic carbocycles. The summed E-state index contributed by atoms with van der Waals surface area (Å²) in [5.41, 5.74) is 3.96. The Bertz CT molecular complexity index is 1190. The second-order valence-electron chi connectivity index (χ2n) is 7.22. The fraction of sp³-hybridized carbons (Fsp3) is 0.300. The highest BCUT2D eigenvalue weighted by Gasteiger charge is 2.28. The molecule has 1 unspecified atom stereocenters. The Balaban J connectivity index is 1.62. The van der Waals surface area contributed by atoms with Gasteiger partial charge in [0, 0.05) is 30.2 Å². The lowest BCUT2D eigenvalue weighted by molar-refractivity contribution is 0.364. The minimum absolute atomic E-state index is 0.164. The molecule has 0 spiro atoms. The second kappa shape index (κ2) is 7.11. The molecule has 0 saturated carbocycles. The zero-order chi connectivity index (χ0) is 20.0. The number of rotatable bonds is 4. The van der Waals surface area contributed by atoms with Crippen LogP contribution in [0.2, 0.25) is 5.02 Å². The Kier molecular flexibility index (Phi) is 4.43. The van der Waals surface area contributed by atoms with Crippen molar-refractivity contribution in [3.05, 3.63) is 47.6 Å². The summed E-state index contributed by atoms with van der Waals surface area (Å²) < 4.78 is 14.0. The van der Waals surface area contributed by atoms with E-state index >= 15 is 0 Å². The Morgan fingerprint density at radius 2 is 2.17 bits per heavy atom. The van der Waals surface area contributed by atoms with Gasteiger partial charge in [-0.15, -0.1) is 0 Å². The van der Waals surface area contributed by atoms with Crippen molar-refractivity contribution >= 4 is 45.2 Å². The van der Waals surface area contributed by atoms with E-state index in [9.17, 15) is 4.39 Å². The highest BCUT2D eigenvalue weighted by atomic mass is 35.5. The third kappa shape index (κ3) is 3.13. The average Bonchev–Trinajstić information content (AvgIpc) is 3.37. The van der Waals surface area contributed by atoms with E-state index < -0.39 is 6.17 Å². The van der Waals surface area contributed by atoms with Crippen molar-refractivity contribution in [2.75, 3.05) is 23.3 Å². The largest absolute Gasteiger partial charge is 0.366 e. The first-order valence-corrected chi connectivity index (χ1v) is 9.86. The van der Waals surface area contributed by atoms with E-state index in [0.717, 1.165) is 22.2 Å². The number of hydrogen-bond acceptors (Lipinski definition) is 6. The number of imidazole rings is 1. The predicted molar refractivity (Wildman–Crippen MR) is 112 cm³/mol. The lowest BCUT2D eigenvalue weighted by atomic mass is 10.0. The SMILES string of the molecule is CC(Nc1ncnc2[nH]cnc12)c1cc(Cl)c2cccnc2c1N1CC[C@H](F)C1. The zero-order valence-electron chi connectivity index (χ0n) is 15.7. The van der Waals surface area contributed by atoms with Crippen molar-refractivity contribution < 1.29 is 4.39 Å². The number of nitrogens with one attached hydrogen (secondary N) is 2.